The SMILES string of the molecule is O=C1N(Nc2ccccc2)[C@@H](c2ccccc2)C12CCCCC2. The van der Waals surface area contributed by atoms with E-state index in [0.29, 0.717) is 0 Å². The van der Waals surface area contributed by atoms with E-state index in [1.807, 2.05) is 41.4 Å². The molecule has 1 aliphatic carbocycles. The summed E-state index contributed by atoms with van der Waals surface area (Å²) in [4.78, 5) is 13.0. The zero-order chi connectivity index (χ0) is 15.7. The standard InChI is InChI=1S/C20H22N2O/c23-19-20(14-8-3-9-15-20)18(16-10-4-1-5-11-16)22(19)21-17-12-6-2-7-13-17/h1-2,4-7,10-13,18,21H,3,8-9,14-15H2/t18-/m0/s1. The van der Waals surface area contributed by atoms with Gasteiger partial charge in [-0.15, -0.1) is 0 Å². The molecular weight excluding hydrogens is 284 g/mol. The maximum Gasteiger partial charge on any atom is 0.250 e. The van der Waals surface area contributed by atoms with Crippen LogP contribution in [0.2, 0.25) is 0 Å². The Bertz CT molecular complexity index is 677. The molecule has 1 amide bonds. The summed E-state index contributed by atoms with van der Waals surface area (Å²) in [7, 11) is 0. The molecule has 4 rings (SSSR count). The quantitative estimate of drug-likeness (QED) is 0.844. The summed E-state index contributed by atoms with van der Waals surface area (Å²) in [6.07, 6.45) is 5.60. The smallest absolute Gasteiger partial charge is 0.250 e. The highest BCUT2D eigenvalue weighted by Crippen LogP contribution is 2.57. The van der Waals surface area contributed by atoms with Crippen LogP contribution in [-0.4, -0.2) is 10.9 Å². The number of amides is 1. The number of carbonyl (C=O) groups is 1. The van der Waals surface area contributed by atoms with E-state index in [-0.39, 0.29) is 17.4 Å². The van der Waals surface area contributed by atoms with E-state index >= 15 is 0 Å². The van der Waals surface area contributed by atoms with Crippen LogP contribution < -0.4 is 5.43 Å². The Kier molecular flexibility index (Phi) is 3.56. The van der Waals surface area contributed by atoms with Crippen LogP contribution in [0.5, 0.6) is 0 Å². The highest BCUT2D eigenvalue weighted by atomic mass is 16.2. The lowest BCUT2D eigenvalue weighted by molar-refractivity contribution is -0.174. The third-order valence-electron chi connectivity index (χ3n) is 5.31. The molecule has 1 atom stereocenters. The minimum atomic E-state index is -0.193. The highest BCUT2D eigenvalue weighted by Gasteiger charge is 2.61. The third kappa shape index (κ3) is 2.31. The molecule has 1 heterocycles. The summed E-state index contributed by atoms with van der Waals surface area (Å²) in [5, 5.41) is 1.84. The van der Waals surface area contributed by atoms with Gasteiger partial charge in [0.1, 0.15) is 0 Å². The van der Waals surface area contributed by atoms with E-state index in [0.717, 1.165) is 31.4 Å². The number of hydrazine groups is 1. The molecule has 2 aromatic carbocycles. The Balaban J connectivity index is 1.67. The molecule has 3 heteroatoms. The van der Waals surface area contributed by atoms with Gasteiger partial charge < -0.3 is 0 Å². The second kappa shape index (κ2) is 5.73. The minimum absolute atomic E-state index is 0.136. The molecule has 2 aromatic rings. The van der Waals surface area contributed by atoms with Crippen LogP contribution in [0.15, 0.2) is 60.7 Å². The van der Waals surface area contributed by atoms with Crippen molar-refractivity contribution in [2.75, 3.05) is 5.43 Å². The van der Waals surface area contributed by atoms with Gasteiger partial charge in [0, 0.05) is 0 Å². The van der Waals surface area contributed by atoms with Crippen molar-refractivity contribution in [1.29, 1.82) is 0 Å². The molecule has 3 nitrogen and oxygen atoms in total. The first-order valence-corrected chi connectivity index (χ1v) is 8.52. The molecule has 1 saturated heterocycles. The van der Waals surface area contributed by atoms with Crippen molar-refractivity contribution in [1.82, 2.24) is 5.01 Å². The zero-order valence-corrected chi connectivity index (χ0v) is 13.2. The van der Waals surface area contributed by atoms with Gasteiger partial charge in [0.05, 0.1) is 17.1 Å². The molecule has 0 aromatic heterocycles. The average Bonchev–Trinajstić information content (AvgIpc) is 2.63. The fraction of sp³-hybridized carbons (Fsp3) is 0.350. The Morgan fingerprint density at radius 1 is 0.870 bits per heavy atom. The van der Waals surface area contributed by atoms with Crippen LogP contribution >= 0.6 is 0 Å². The van der Waals surface area contributed by atoms with E-state index in [2.05, 4.69) is 29.7 Å². The summed E-state index contributed by atoms with van der Waals surface area (Å²) in [6, 6.07) is 20.6. The van der Waals surface area contributed by atoms with Gasteiger partial charge in [0.2, 0.25) is 5.91 Å². The first kappa shape index (κ1) is 14.3. The number of anilines is 1. The summed E-state index contributed by atoms with van der Waals surface area (Å²) in [6.45, 7) is 0. The molecule has 2 aliphatic rings. The monoisotopic (exact) mass is 306 g/mol. The van der Waals surface area contributed by atoms with E-state index in [4.69, 9.17) is 0 Å². The van der Waals surface area contributed by atoms with Crippen molar-refractivity contribution in [3.8, 4) is 0 Å². The number of hydrogen-bond acceptors (Lipinski definition) is 2. The van der Waals surface area contributed by atoms with Crippen molar-refractivity contribution in [2.24, 2.45) is 5.41 Å². The lowest BCUT2D eigenvalue weighted by atomic mass is 9.61. The molecule has 0 radical (unpaired) electrons. The second-order valence-corrected chi connectivity index (χ2v) is 6.68. The van der Waals surface area contributed by atoms with Crippen LogP contribution in [0.3, 0.4) is 0 Å². The Labute approximate surface area is 137 Å². The Morgan fingerprint density at radius 2 is 1.48 bits per heavy atom. The third-order valence-corrected chi connectivity index (χ3v) is 5.31. The topological polar surface area (TPSA) is 32.3 Å². The molecule has 1 spiro atoms. The largest absolute Gasteiger partial charge is 0.295 e. The number of benzene rings is 2. The normalized spacial score (nSPS) is 22.7. The predicted molar refractivity (Wildman–Crippen MR) is 91.6 cm³/mol. The van der Waals surface area contributed by atoms with Gasteiger partial charge in [-0.3, -0.25) is 10.2 Å². The number of β-lactam (4-membered cyclic amide) rings is 1. The molecular formula is C20H22N2O. The molecule has 0 unspecified atom stereocenters. The lowest BCUT2D eigenvalue weighted by Crippen LogP contribution is -2.65. The fourth-order valence-electron chi connectivity index (χ4n) is 4.20. The van der Waals surface area contributed by atoms with E-state index in [1.165, 1.54) is 12.0 Å². The van der Waals surface area contributed by atoms with Crippen molar-refractivity contribution in [3.05, 3.63) is 66.2 Å². The predicted octanol–water partition coefficient (Wildman–Crippen LogP) is 4.55. The molecule has 1 aliphatic heterocycles. The first-order chi connectivity index (χ1) is 11.3. The molecule has 1 saturated carbocycles. The van der Waals surface area contributed by atoms with E-state index < -0.39 is 0 Å². The Hall–Kier alpha value is -2.29. The van der Waals surface area contributed by atoms with Crippen molar-refractivity contribution < 1.29 is 4.79 Å². The number of hydrogen-bond donors (Lipinski definition) is 1. The highest BCUT2D eigenvalue weighted by molar-refractivity contribution is 5.92. The van der Waals surface area contributed by atoms with E-state index in [9.17, 15) is 4.79 Å². The van der Waals surface area contributed by atoms with Crippen molar-refractivity contribution in [2.45, 2.75) is 38.1 Å². The first-order valence-electron chi connectivity index (χ1n) is 8.52. The van der Waals surface area contributed by atoms with Gasteiger partial charge in [-0.25, -0.2) is 5.01 Å². The van der Waals surface area contributed by atoms with Gasteiger partial charge in [-0.2, -0.15) is 0 Å². The number of nitrogens with one attached hydrogen (secondary N) is 1. The van der Waals surface area contributed by atoms with Crippen LogP contribution in [0.25, 0.3) is 0 Å². The zero-order valence-electron chi connectivity index (χ0n) is 13.2. The van der Waals surface area contributed by atoms with Crippen LogP contribution in [-0.2, 0) is 4.79 Å². The summed E-state index contributed by atoms with van der Waals surface area (Å²) >= 11 is 0. The Morgan fingerprint density at radius 3 is 2.13 bits per heavy atom. The molecule has 118 valence electrons. The lowest BCUT2D eigenvalue weighted by Gasteiger charge is -2.57. The van der Waals surface area contributed by atoms with Crippen LogP contribution in [0, 0.1) is 5.41 Å². The summed E-state index contributed by atoms with van der Waals surface area (Å²) in [5.41, 5.74) is 5.34. The second-order valence-electron chi connectivity index (χ2n) is 6.68. The number of nitrogens with zero attached hydrogens (tertiary/aromatic N) is 1. The van der Waals surface area contributed by atoms with Gasteiger partial charge in [0.15, 0.2) is 0 Å². The number of carbonyl (C=O) groups excluding carboxylic acids is 1. The molecule has 23 heavy (non-hydrogen) atoms. The molecule has 0 bridgehead atoms. The van der Waals surface area contributed by atoms with Crippen LogP contribution in [0.1, 0.15) is 43.7 Å². The fourth-order valence-corrected chi connectivity index (χ4v) is 4.20. The van der Waals surface area contributed by atoms with Crippen molar-refractivity contribution in [3.63, 3.8) is 0 Å². The van der Waals surface area contributed by atoms with Gasteiger partial charge in [-0.1, -0.05) is 67.8 Å². The molecule has 1 N–H and O–H groups in total. The maximum atomic E-state index is 13.0. The maximum absolute atomic E-state index is 13.0. The minimum Gasteiger partial charge on any atom is -0.295 e. The van der Waals surface area contributed by atoms with Gasteiger partial charge >= 0.3 is 0 Å². The van der Waals surface area contributed by atoms with Gasteiger partial charge in [-0.05, 0) is 30.5 Å². The number of para-hydroxylation sites is 1. The molecule has 2 fully saturated rings. The van der Waals surface area contributed by atoms with Gasteiger partial charge in [0.25, 0.3) is 0 Å². The summed E-state index contributed by atoms with van der Waals surface area (Å²) in [5.74, 6) is 0.259. The average molecular weight is 306 g/mol. The summed E-state index contributed by atoms with van der Waals surface area (Å²) < 4.78 is 0. The van der Waals surface area contributed by atoms with Crippen molar-refractivity contribution >= 4 is 11.6 Å². The van der Waals surface area contributed by atoms with E-state index in [1.54, 1.807) is 0 Å². The van der Waals surface area contributed by atoms with Crippen LogP contribution in [0.4, 0.5) is 5.69 Å². The number of rotatable bonds is 3.